The Hall–Kier alpha value is -2.31. The molecule has 5 nitrogen and oxygen atoms in total. The third-order valence-corrected chi connectivity index (χ3v) is 2.50. The van der Waals surface area contributed by atoms with Crippen LogP contribution in [0.3, 0.4) is 0 Å². The standard InChI is InChI=1S/C12H11F2N3O2/c1-2-17-11(15-7-16-17)6-19-12-9(13)3-8(5-18)4-10(12)14/h3-5,7H,2,6H2,1H3. The van der Waals surface area contributed by atoms with Crippen LogP contribution in [-0.2, 0) is 13.2 Å². The van der Waals surface area contributed by atoms with Gasteiger partial charge in [0.15, 0.2) is 23.2 Å². The highest BCUT2D eigenvalue weighted by molar-refractivity contribution is 5.75. The molecule has 1 aromatic carbocycles. The van der Waals surface area contributed by atoms with Crippen molar-refractivity contribution in [3.8, 4) is 5.75 Å². The molecule has 0 aliphatic heterocycles. The van der Waals surface area contributed by atoms with Gasteiger partial charge in [-0.3, -0.25) is 4.79 Å². The Kier molecular flexibility index (Phi) is 3.84. The van der Waals surface area contributed by atoms with Crippen molar-refractivity contribution >= 4 is 6.29 Å². The Bertz CT molecular complexity index is 575. The first-order valence-corrected chi connectivity index (χ1v) is 5.59. The number of aryl methyl sites for hydroxylation is 1. The maximum atomic E-state index is 13.5. The van der Waals surface area contributed by atoms with Gasteiger partial charge in [-0.1, -0.05) is 0 Å². The molecule has 19 heavy (non-hydrogen) atoms. The molecule has 1 heterocycles. The molecule has 0 radical (unpaired) electrons. The Balaban J connectivity index is 2.18. The molecule has 1 aromatic heterocycles. The summed E-state index contributed by atoms with van der Waals surface area (Å²) in [4.78, 5) is 14.4. The second-order valence-electron chi connectivity index (χ2n) is 3.71. The molecule has 0 N–H and O–H groups in total. The lowest BCUT2D eigenvalue weighted by Crippen LogP contribution is -2.08. The van der Waals surface area contributed by atoms with Gasteiger partial charge in [0.1, 0.15) is 19.2 Å². The van der Waals surface area contributed by atoms with Gasteiger partial charge in [0.25, 0.3) is 0 Å². The zero-order valence-corrected chi connectivity index (χ0v) is 10.1. The fourth-order valence-corrected chi connectivity index (χ4v) is 1.59. The number of aldehydes is 1. The van der Waals surface area contributed by atoms with Crippen LogP contribution < -0.4 is 4.74 Å². The highest BCUT2D eigenvalue weighted by Gasteiger charge is 2.14. The van der Waals surface area contributed by atoms with Gasteiger partial charge >= 0.3 is 0 Å². The SMILES string of the molecule is CCn1ncnc1COc1c(F)cc(C=O)cc1F. The molecule has 0 fully saturated rings. The van der Waals surface area contributed by atoms with Crippen molar-refractivity contribution in [1.29, 1.82) is 0 Å². The Morgan fingerprint density at radius 3 is 2.63 bits per heavy atom. The molecule has 0 bridgehead atoms. The van der Waals surface area contributed by atoms with Crippen LogP contribution in [0.25, 0.3) is 0 Å². The first-order valence-electron chi connectivity index (χ1n) is 5.59. The number of hydrogen-bond donors (Lipinski definition) is 0. The van der Waals surface area contributed by atoms with Gasteiger partial charge in [0, 0.05) is 12.1 Å². The number of carbonyl (C=O) groups is 1. The van der Waals surface area contributed by atoms with Gasteiger partial charge in [-0.15, -0.1) is 0 Å². The number of benzene rings is 1. The normalized spacial score (nSPS) is 10.5. The predicted octanol–water partition coefficient (Wildman–Crippen LogP) is 1.97. The van der Waals surface area contributed by atoms with E-state index in [0.717, 1.165) is 12.1 Å². The average Bonchev–Trinajstić information content (AvgIpc) is 2.85. The van der Waals surface area contributed by atoms with Gasteiger partial charge in [-0.05, 0) is 19.1 Å². The van der Waals surface area contributed by atoms with E-state index < -0.39 is 17.4 Å². The number of rotatable bonds is 5. The molecule has 2 aromatic rings. The molecular weight excluding hydrogens is 256 g/mol. The zero-order valence-electron chi connectivity index (χ0n) is 10.1. The minimum atomic E-state index is -0.926. The van der Waals surface area contributed by atoms with Crippen LogP contribution in [0.2, 0.25) is 0 Å². The summed E-state index contributed by atoms with van der Waals surface area (Å²) >= 11 is 0. The van der Waals surface area contributed by atoms with Crippen LogP contribution in [-0.4, -0.2) is 21.1 Å². The van der Waals surface area contributed by atoms with Crippen molar-refractivity contribution in [2.45, 2.75) is 20.1 Å². The number of nitrogens with zero attached hydrogens (tertiary/aromatic N) is 3. The van der Waals surface area contributed by atoms with E-state index in [1.807, 2.05) is 6.92 Å². The van der Waals surface area contributed by atoms with Crippen molar-refractivity contribution in [3.63, 3.8) is 0 Å². The van der Waals surface area contributed by atoms with Crippen LogP contribution >= 0.6 is 0 Å². The maximum Gasteiger partial charge on any atom is 0.191 e. The lowest BCUT2D eigenvalue weighted by molar-refractivity contribution is 0.112. The summed E-state index contributed by atoms with van der Waals surface area (Å²) in [5.74, 6) is -1.92. The fraction of sp³-hybridized carbons (Fsp3) is 0.250. The quantitative estimate of drug-likeness (QED) is 0.777. The highest BCUT2D eigenvalue weighted by Crippen LogP contribution is 2.23. The van der Waals surface area contributed by atoms with E-state index in [9.17, 15) is 13.6 Å². The average molecular weight is 267 g/mol. The van der Waals surface area contributed by atoms with Crippen molar-refractivity contribution in [3.05, 3.63) is 41.5 Å². The summed E-state index contributed by atoms with van der Waals surface area (Å²) in [6, 6.07) is 1.83. The second kappa shape index (κ2) is 5.55. The minimum absolute atomic E-state index is 0.0842. The number of aromatic nitrogens is 3. The Labute approximate surface area is 107 Å². The minimum Gasteiger partial charge on any atom is -0.479 e. The number of halogens is 2. The zero-order chi connectivity index (χ0) is 13.8. The molecule has 0 unspecified atom stereocenters. The van der Waals surface area contributed by atoms with Crippen LogP contribution in [0, 0.1) is 11.6 Å². The number of ether oxygens (including phenoxy) is 1. The van der Waals surface area contributed by atoms with Gasteiger partial charge in [-0.25, -0.2) is 18.4 Å². The van der Waals surface area contributed by atoms with E-state index in [1.165, 1.54) is 6.33 Å². The lowest BCUT2D eigenvalue weighted by atomic mass is 10.2. The molecule has 2 rings (SSSR count). The van der Waals surface area contributed by atoms with E-state index in [4.69, 9.17) is 4.74 Å². The largest absolute Gasteiger partial charge is 0.479 e. The molecule has 100 valence electrons. The maximum absolute atomic E-state index is 13.5. The number of carbonyl (C=O) groups excluding carboxylic acids is 1. The summed E-state index contributed by atoms with van der Waals surface area (Å²) in [6.45, 7) is 2.33. The summed E-state index contributed by atoms with van der Waals surface area (Å²) in [5.41, 5.74) is -0.0842. The Morgan fingerprint density at radius 1 is 1.37 bits per heavy atom. The van der Waals surface area contributed by atoms with E-state index in [2.05, 4.69) is 10.1 Å². The number of hydrogen-bond acceptors (Lipinski definition) is 4. The molecule has 0 spiro atoms. The summed E-state index contributed by atoms with van der Waals surface area (Å²) < 4.78 is 33.7. The molecule has 0 amide bonds. The summed E-state index contributed by atoms with van der Waals surface area (Å²) in [7, 11) is 0. The second-order valence-corrected chi connectivity index (χ2v) is 3.71. The van der Waals surface area contributed by atoms with E-state index in [-0.39, 0.29) is 12.2 Å². The first-order chi connectivity index (χ1) is 9.15. The van der Waals surface area contributed by atoms with Crippen molar-refractivity contribution < 1.29 is 18.3 Å². The third kappa shape index (κ3) is 2.75. The molecule has 0 atom stereocenters. The van der Waals surface area contributed by atoms with Gasteiger partial charge < -0.3 is 4.74 Å². The summed E-state index contributed by atoms with van der Waals surface area (Å²) in [5, 5.41) is 3.91. The van der Waals surface area contributed by atoms with Crippen molar-refractivity contribution in [2.24, 2.45) is 0 Å². The van der Waals surface area contributed by atoms with Crippen molar-refractivity contribution in [2.75, 3.05) is 0 Å². The van der Waals surface area contributed by atoms with E-state index in [1.54, 1.807) is 4.68 Å². The molecule has 0 aliphatic rings. The monoisotopic (exact) mass is 267 g/mol. The van der Waals surface area contributed by atoms with Crippen molar-refractivity contribution in [1.82, 2.24) is 14.8 Å². The van der Waals surface area contributed by atoms with E-state index >= 15 is 0 Å². The first kappa shape index (κ1) is 13.1. The molecule has 0 saturated carbocycles. The molecule has 0 aliphatic carbocycles. The topological polar surface area (TPSA) is 57.0 Å². The smallest absolute Gasteiger partial charge is 0.191 e. The summed E-state index contributed by atoms with van der Waals surface area (Å²) in [6.07, 6.45) is 1.70. The predicted molar refractivity (Wildman–Crippen MR) is 61.8 cm³/mol. The van der Waals surface area contributed by atoms with Gasteiger partial charge in [0.2, 0.25) is 0 Å². The molecule has 0 saturated heterocycles. The van der Waals surface area contributed by atoms with Gasteiger partial charge in [-0.2, -0.15) is 5.10 Å². The van der Waals surface area contributed by atoms with Crippen LogP contribution in [0.4, 0.5) is 8.78 Å². The van der Waals surface area contributed by atoms with Crippen LogP contribution in [0.1, 0.15) is 23.1 Å². The highest BCUT2D eigenvalue weighted by atomic mass is 19.1. The Morgan fingerprint density at radius 2 is 2.05 bits per heavy atom. The van der Waals surface area contributed by atoms with E-state index in [0.29, 0.717) is 18.7 Å². The van der Waals surface area contributed by atoms with Gasteiger partial charge in [0.05, 0.1) is 0 Å². The van der Waals surface area contributed by atoms with Crippen LogP contribution in [0.15, 0.2) is 18.5 Å². The van der Waals surface area contributed by atoms with Crippen LogP contribution in [0.5, 0.6) is 5.75 Å². The third-order valence-electron chi connectivity index (χ3n) is 2.50. The lowest BCUT2D eigenvalue weighted by Gasteiger charge is -2.08. The fourth-order valence-electron chi connectivity index (χ4n) is 1.59. The molecule has 7 heteroatoms. The molecular formula is C12H11F2N3O2.